The van der Waals surface area contributed by atoms with Crippen LogP contribution in [0.15, 0.2) is 0 Å². The predicted molar refractivity (Wildman–Crippen MR) is 55.0 cm³/mol. The lowest BCUT2D eigenvalue weighted by molar-refractivity contribution is -0.154. The molecule has 0 fully saturated rings. The molecule has 1 aromatic rings. The van der Waals surface area contributed by atoms with Crippen LogP contribution in [0.5, 0.6) is 12.0 Å². The van der Waals surface area contributed by atoms with Gasteiger partial charge in [-0.15, -0.1) is 4.98 Å². The van der Waals surface area contributed by atoms with E-state index in [2.05, 4.69) is 25.1 Å². The molecule has 0 spiro atoms. The number of hydrogen-bond donors (Lipinski definition) is 2. The van der Waals surface area contributed by atoms with Crippen molar-refractivity contribution in [3.05, 3.63) is 0 Å². The molecule has 0 radical (unpaired) electrons. The maximum absolute atomic E-state index is 12.0. The fraction of sp³-hybridized carbons (Fsp3) is 0.625. The summed E-state index contributed by atoms with van der Waals surface area (Å²) in [5.74, 6) is 4.92. The lowest BCUT2D eigenvalue weighted by atomic mass is 10.5. The van der Waals surface area contributed by atoms with E-state index < -0.39 is 18.8 Å². The highest BCUT2D eigenvalue weighted by molar-refractivity contribution is 5.25. The van der Waals surface area contributed by atoms with Crippen molar-refractivity contribution < 1.29 is 22.6 Å². The zero-order chi connectivity index (χ0) is 13.6. The van der Waals surface area contributed by atoms with E-state index in [4.69, 9.17) is 10.6 Å². The largest absolute Gasteiger partial charge is 0.463 e. The Morgan fingerprint density at radius 3 is 2.28 bits per heavy atom. The molecule has 0 aliphatic rings. The van der Waals surface area contributed by atoms with Gasteiger partial charge in [0.1, 0.15) is 0 Å². The van der Waals surface area contributed by atoms with Gasteiger partial charge in [-0.05, 0) is 6.42 Å². The van der Waals surface area contributed by atoms with Gasteiger partial charge in [0.2, 0.25) is 5.95 Å². The molecule has 0 aliphatic carbocycles. The quantitative estimate of drug-likeness (QED) is 0.583. The number of hydrazine groups is 1. The predicted octanol–water partition coefficient (Wildman–Crippen LogP) is 0.887. The molecular weight excluding hydrogens is 255 g/mol. The highest BCUT2D eigenvalue weighted by Gasteiger charge is 2.29. The summed E-state index contributed by atoms with van der Waals surface area (Å²) in [6.45, 7) is 0.658. The van der Waals surface area contributed by atoms with Crippen LogP contribution in [0, 0.1) is 0 Å². The molecule has 10 heteroatoms. The summed E-state index contributed by atoms with van der Waals surface area (Å²) in [6.07, 6.45) is -3.79. The topological polar surface area (TPSA) is 95.2 Å². The van der Waals surface area contributed by atoms with E-state index in [1.165, 1.54) is 0 Å². The summed E-state index contributed by atoms with van der Waals surface area (Å²) in [5.41, 5.74) is 2.08. The van der Waals surface area contributed by atoms with Crippen LogP contribution in [0.4, 0.5) is 19.1 Å². The molecule has 0 bridgehead atoms. The van der Waals surface area contributed by atoms with Gasteiger partial charge in [0.15, 0.2) is 6.61 Å². The van der Waals surface area contributed by atoms with Gasteiger partial charge in [-0.2, -0.15) is 23.1 Å². The zero-order valence-corrected chi connectivity index (χ0v) is 9.49. The Hall–Kier alpha value is -1.84. The summed E-state index contributed by atoms with van der Waals surface area (Å²) in [7, 11) is 0. The number of ether oxygens (including phenoxy) is 2. The van der Waals surface area contributed by atoms with Crippen LogP contribution in [-0.2, 0) is 0 Å². The zero-order valence-electron chi connectivity index (χ0n) is 9.49. The van der Waals surface area contributed by atoms with E-state index in [0.717, 1.165) is 0 Å². The van der Waals surface area contributed by atoms with Crippen LogP contribution in [0.2, 0.25) is 0 Å². The third kappa shape index (κ3) is 4.99. The molecule has 0 unspecified atom stereocenters. The Balaban J connectivity index is 2.76. The molecule has 0 atom stereocenters. The molecule has 0 aromatic carbocycles. The van der Waals surface area contributed by atoms with Gasteiger partial charge in [-0.3, -0.25) is 5.43 Å². The molecule has 3 N–H and O–H groups in total. The molecular formula is C8H12F3N5O2. The van der Waals surface area contributed by atoms with Crippen LogP contribution in [0.1, 0.15) is 13.3 Å². The van der Waals surface area contributed by atoms with E-state index in [1.807, 2.05) is 6.92 Å². The third-order valence-electron chi connectivity index (χ3n) is 1.52. The Morgan fingerprint density at radius 2 is 1.78 bits per heavy atom. The summed E-state index contributed by atoms with van der Waals surface area (Å²) in [4.78, 5) is 10.8. The number of nitrogens with two attached hydrogens (primary N) is 1. The molecule has 102 valence electrons. The van der Waals surface area contributed by atoms with Crippen molar-refractivity contribution in [1.82, 2.24) is 15.0 Å². The van der Waals surface area contributed by atoms with E-state index in [-0.39, 0.29) is 12.0 Å². The van der Waals surface area contributed by atoms with E-state index in [1.54, 1.807) is 0 Å². The maximum atomic E-state index is 12.0. The van der Waals surface area contributed by atoms with Gasteiger partial charge in [-0.25, -0.2) is 5.84 Å². The Labute approximate surface area is 100 Å². The molecule has 0 amide bonds. The molecule has 18 heavy (non-hydrogen) atoms. The Kier molecular flexibility index (Phi) is 4.89. The summed E-state index contributed by atoms with van der Waals surface area (Å²) in [6, 6.07) is -0.668. The van der Waals surface area contributed by atoms with E-state index in [9.17, 15) is 13.2 Å². The van der Waals surface area contributed by atoms with Crippen molar-refractivity contribution in [3.8, 4) is 12.0 Å². The van der Waals surface area contributed by atoms with Crippen molar-refractivity contribution in [1.29, 1.82) is 0 Å². The number of nitrogens with one attached hydrogen (secondary N) is 1. The van der Waals surface area contributed by atoms with Crippen molar-refractivity contribution in [3.63, 3.8) is 0 Å². The second-order valence-electron chi connectivity index (χ2n) is 3.12. The number of rotatable bonds is 6. The Morgan fingerprint density at radius 1 is 1.17 bits per heavy atom. The Bertz CT molecular complexity index is 387. The highest BCUT2D eigenvalue weighted by atomic mass is 19.4. The fourth-order valence-corrected chi connectivity index (χ4v) is 0.871. The van der Waals surface area contributed by atoms with Gasteiger partial charge in [0.25, 0.3) is 0 Å². The summed E-state index contributed by atoms with van der Waals surface area (Å²) in [5, 5.41) is 0. The summed E-state index contributed by atoms with van der Waals surface area (Å²) >= 11 is 0. The minimum Gasteiger partial charge on any atom is -0.463 e. The minimum atomic E-state index is -4.48. The van der Waals surface area contributed by atoms with E-state index in [0.29, 0.717) is 13.0 Å². The first-order chi connectivity index (χ1) is 8.44. The van der Waals surface area contributed by atoms with Gasteiger partial charge < -0.3 is 9.47 Å². The van der Waals surface area contributed by atoms with Crippen molar-refractivity contribution >= 4 is 5.95 Å². The SMILES string of the molecule is CCCOc1nc(NN)nc(OCC(F)(F)F)n1. The normalized spacial score (nSPS) is 11.2. The highest BCUT2D eigenvalue weighted by Crippen LogP contribution is 2.18. The summed E-state index contributed by atoms with van der Waals surface area (Å²) < 4.78 is 45.3. The van der Waals surface area contributed by atoms with Crippen LogP contribution in [0.3, 0.4) is 0 Å². The average Bonchev–Trinajstić information content (AvgIpc) is 2.32. The maximum Gasteiger partial charge on any atom is 0.422 e. The smallest absolute Gasteiger partial charge is 0.422 e. The molecule has 0 saturated heterocycles. The van der Waals surface area contributed by atoms with Gasteiger partial charge in [0, 0.05) is 0 Å². The van der Waals surface area contributed by atoms with Crippen molar-refractivity contribution in [2.24, 2.45) is 5.84 Å². The van der Waals surface area contributed by atoms with Gasteiger partial charge in [-0.1, -0.05) is 6.92 Å². The number of aromatic nitrogens is 3. The van der Waals surface area contributed by atoms with E-state index >= 15 is 0 Å². The number of hydrogen-bond acceptors (Lipinski definition) is 7. The molecule has 7 nitrogen and oxygen atoms in total. The van der Waals surface area contributed by atoms with Crippen LogP contribution < -0.4 is 20.7 Å². The standard InChI is InChI=1S/C8H12F3N5O2/c1-2-3-17-6-13-5(16-12)14-7(15-6)18-4-8(9,10)11/h2-4,12H2,1H3,(H,13,14,15,16). The second kappa shape index (κ2) is 6.19. The van der Waals surface area contributed by atoms with Gasteiger partial charge in [0.05, 0.1) is 6.61 Å². The third-order valence-corrected chi connectivity index (χ3v) is 1.52. The van der Waals surface area contributed by atoms with Gasteiger partial charge >= 0.3 is 18.2 Å². The fourth-order valence-electron chi connectivity index (χ4n) is 0.871. The molecule has 1 rings (SSSR count). The first kappa shape index (κ1) is 14.2. The lowest BCUT2D eigenvalue weighted by Crippen LogP contribution is -2.21. The first-order valence-corrected chi connectivity index (χ1v) is 4.99. The lowest BCUT2D eigenvalue weighted by Gasteiger charge is -2.09. The molecule has 0 aliphatic heterocycles. The number of nitrogens with zero attached hydrogens (tertiary/aromatic N) is 3. The molecule has 1 aromatic heterocycles. The average molecular weight is 267 g/mol. The molecule has 1 heterocycles. The van der Waals surface area contributed by atoms with Crippen molar-refractivity contribution in [2.45, 2.75) is 19.5 Å². The number of alkyl halides is 3. The van der Waals surface area contributed by atoms with Crippen molar-refractivity contribution in [2.75, 3.05) is 18.6 Å². The van der Waals surface area contributed by atoms with Crippen LogP contribution >= 0.6 is 0 Å². The monoisotopic (exact) mass is 267 g/mol. The first-order valence-electron chi connectivity index (χ1n) is 4.99. The number of nitrogen functional groups attached to an aromatic ring is 1. The second-order valence-corrected chi connectivity index (χ2v) is 3.12. The number of halogens is 3. The molecule has 0 saturated carbocycles. The minimum absolute atomic E-state index is 0.145. The van der Waals surface area contributed by atoms with Crippen LogP contribution in [-0.4, -0.2) is 34.3 Å². The number of anilines is 1. The van der Waals surface area contributed by atoms with Crippen LogP contribution in [0.25, 0.3) is 0 Å².